The smallest absolute Gasteiger partial charge is 0.255 e. The van der Waals surface area contributed by atoms with Crippen LogP contribution >= 0.6 is 23.2 Å². The van der Waals surface area contributed by atoms with Crippen LogP contribution in [0.2, 0.25) is 10.0 Å². The fourth-order valence-electron chi connectivity index (χ4n) is 1.99. The first-order valence-electron chi connectivity index (χ1n) is 6.66. The molecule has 0 spiro atoms. The number of hydrogen-bond donors (Lipinski definition) is 2. The molecule has 2 aromatic carbocycles. The van der Waals surface area contributed by atoms with E-state index in [9.17, 15) is 4.79 Å². The normalized spacial score (nSPS) is 10.4. The van der Waals surface area contributed by atoms with Crippen molar-refractivity contribution in [1.82, 2.24) is 0 Å². The molecule has 3 N–H and O–H groups in total. The number of hydrogen-bond acceptors (Lipinski definition) is 2. The number of carbonyl (C=O) groups excluding carboxylic acids is 1. The van der Waals surface area contributed by atoms with Gasteiger partial charge in [0, 0.05) is 11.3 Å². The molecule has 1 amide bonds. The highest BCUT2D eigenvalue weighted by atomic mass is 35.5. The molecule has 0 aliphatic heterocycles. The molecule has 0 unspecified atom stereocenters. The monoisotopic (exact) mass is 322 g/mol. The van der Waals surface area contributed by atoms with Crippen molar-refractivity contribution in [3.05, 3.63) is 57.6 Å². The largest absolute Gasteiger partial charge is 0.397 e. The molecule has 0 aromatic heterocycles. The molecule has 0 atom stereocenters. The fourth-order valence-corrected chi connectivity index (χ4v) is 2.32. The Morgan fingerprint density at radius 2 is 1.86 bits per heavy atom. The van der Waals surface area contributed by atoms with E-state index >= 15 is 0 Å². The van der Waals surface area contributed by atoms with Crippen LogP contribution in [0.3, 0.4) is 0 Å². The number of anilines is 2. The van der Waals surface area contributed by atoms with E-state index < -0.39 is 0 Å². The molecule has 0 saturated carbocycles. The Morgan fingerprint density at radius 1 is 1.19 bits per heavy atom. The zero-order valence-corrected chi connectivity index (χ0v) is 13.1. The van der Waals surface area contributed by atoms with Crippen molar-refractivity contribution in [2.24, 2.45) is 0 Å². The lowest BCUT2D eigenvalue weighted by molar-refractivity contribution is 0.102. The van der Waals surface area contributed by atoms with Crippen LogP contribution in [0.15, 0.2) is 36.4 Å². The van der Waals surface area contributed by atoms with Crippen LogP contribution in [-0.4, -0.2) is 5.91 Å². The van der Waals surface area contributed by atoms with Gasteiger partial charge in [0.2, 0.25) is 0 Å². The molecule has 0 aliphatic rings. The lowest BCUT2D eigenvalue weighted by atomic mass is 10.1. The standard InChI is InChI=1S/C16H16Cl2N2O/c1-2-3-10-4-6-12(7-5-10)20-16(21)11-8-13(17)15(18)14(19)9-11/h4-9H,2-3,19H2,1H3,(H,20,21). The van der Waals surface area contributed by atoms with Crippen LogP contribution in [-0.2, 0) is 6.42 Å². The topological polar surface area (TPSA) is 55.1 Å². The fraction of sp³-hybridized carbons (Fsp3) is 0.188. The second-order valence-electron chi connectivity index (χ2n) is 4.76. The minimum atomic E-state index is -0.275. The van der Waals surface area contributed by atoms with Gasteiger partial charge in [-0.1, -0.05) is 48.7 Å². The molecule has 0 radical (unpaired) electrons. The Balaban J connectivity index is 2.14. The predicted octanol–water partition coefficient (Wildman–Crippen LogP) is 4.78. The van der Waals surface area contributed by atoms with E-state index in [0.29, 0.717) is 5.56 Å². The summed E-state index contributed by atoms with van der Waals surface area (Å²) < 4.78 is 0. The molecule has 21 heavy (non-hydrogen) atoms. The van der Waals surface area contributed by atoms with Gasteiger partial charge in [-0.25, -0.2) is 0 Å². The van der Waals surface area contributed by atoms with E-state index in [2.05, 4.69) is 12.2 Å². The van der Waals surface area contributed by atoms with Crippen molar-refractivity contribution in [2.75, 3.05) is 11.1 Å². The van der Waals surface area contributed by atoms with Gasteiger partial charge in [0.1, 0.15) is 0 Å². The summed E-state index contributed by atoms with van der Waals surface area (Å²) in [7, 11) is 0. The van der Waals surface area contributed by atoms with Gasteiger partial charge in [-0.15, -0.1) is 0 Å². The molecule has 2 aromatic rings. The van der Waals surface area contributed by atoms with Gasteiger partial charge >= 0.3 is 0 Å². The van der Waals surface area contributed by atoms with E-state index in [1.807, 2.05) is 24.3 Å². The number of halogens is 2. The van der Waals surface area contributed by atoms with Crippen molar-refractivity contribution in [3.8, 4) is 0 Å². The third-order valence-corrected chi connectivity index (χ3v) is 3.89. The maximum Gasteiger partial charge on any atom is 0.255 e. The van der Waals surface area contributed by atoms with Gasteiger partial charge in [-0.2, -0.15) is 0 Å². The molecular formula is C16H16Cl2N2O. The highest BCUT2D eigenvalue weighted by molar-refractivity contribution is 6.44. The molecule has 0 fully saturated rings. The summed E-state index contributed by atoms with van der Waals surface area (Å²) >= 11 is 11.8. The molecule has 110 valence electrons. The lowest BCUT2D eigenvalue weighted by Crippen LogP contribution is -2.12. The van der Waals surface area contributed by atoms with Gasteiger partial charge in [0.15, 0.2) is 0 Å². The Kier molecular flexibility index (Phi) is 5.10. The summed E-state index contributed by atoms with van der Waals surface area (Å²) in [5.74, 6) is -0.275. The number of benzene rings is 2. The van der Waals surface area contributed by atoms with Crippen molar-refractivity contribution >= 4 is 40.5 Å². The number of carbonyl (C=O) groups is 1. The molecule has 2 rings (SSSR count). The Hall–Kier alpha value is -1.71. The minimum absolute atomic E-state index is 0.261. The van der Waals surface area contributed by atoms with Gasteiger partial charge in [0.05, 0.1) is 15.7 Å². The molecule has 0 bridgehead atoms. The number of nitrogens with one attached hydrogen (secondary N) is 1. The van der Waals surface area contributed by atoms with E-state index in [1.165, 1.54) is 17.7 Å². The van der Waals surface area contributed by atoms with Crippen LogP contribution in [0.25, 0.3) is 0 Å². The summed E-state index contributed by atoms with van der Waals surface area (Å²) in [6.45, 7) is 2.13. The highest BCUT2D eigenvalue weighted by Crippen LogP contribution is 2.29. The highest BCUT2D eigenvalue weighted by Gasteiger charge is 2.11. The van der Waals surface area contributed by atoms with Crippen LogP contribution in [0.5, 0.6) is 0 Å². The van der Waals surface area contributed by atoms with Crippen molar-refractivity contribution in [1.29, 1.82) is 0 Å². The third-order valence-electron chi connectivity index (χ3n) is 3.07. The average Bonchev–Trinajstić information content (AvgIpc) is 2.46. The first-order chi connectivity index (χ1) is 10.0. The number of aryl methyl sites for hydroxylation is 1. The Morgan fingerprint density at radius 3 is 2.43 bits per heavy atom. The molecule has 0 saturated heterocycles. The van der Waals surface area contributed by atoms with Gasteiger partial charge in [-0.3, -0.25) is 4.79 Å². The SMILES string of the molecule is CCCc1ccc(NC(=O)c2cc(N)c(Cl)c(Cl)c2)cc1. The number of nitrogen functional groups attached to an aromatic ring is 1. The number of rotatable bonds is 4. The summed E-state index contributed by atoms with van der Waals surface area (Å²) in [4.78, 5) is 12.2. The van der Waals surface area contributed by atoms with Crippen molar-refractivity contribution in [2.45, 2.75) is 19.8 Å². The quantitative estimate of drug-likeness (QED) is 0.796. The average molecular weight is 323 g/mol. The number of nitrogens with two attached hydrogens (primary N) is 1. The van der Waals surface area contributed by atoms with E-state index in [4.69, 9.17) is 28.9 Å². The zero-order valence-electron chi connectivity index (χ0n) is 11.6. The van der Waals surface area contributed by atoms with Gasteiger partial charge < -0.3 is 11.1 Å². The number of amides is 1. The molecule has 3 nitrogen and oxygen atoms in total. The summed E-state index contributed by atoms with van der Waals surface area (Å²) in [6, 6.07) is 10.8. The Bertz CT molecular complexity index is 631. The maximum atomic E-state index is 12.2. The van der Waals surface area contributed by atoms with Gasteiger partial charge in [-0.05, 0) is 36.2 Å². The first kappa shape index (κ1) is 15.7. The second kappa shape index (κ2) is 6.83. The molecule has 5 heteroatoms. The van der Waals surface area contributed by atoms with Gasteiger partial charge in [0.25, 0.3) is 5.91 Å². The van der Waals surface area contributed by atoms with E-state index in [-0.39, 0.29) is 21.6 Å². The Labute approximate surface area is 134 Å². The van der Waals surface area contributed by atoms with Crippen molar-refractivity contribution in [3.63, 3.8) is 0 Å². The first-order valence-corrected chi connectivity index (χ1v) is 7.41. The predicted molar refractivity (Wildman–Crippen MR) is 89.3 cm³/mol. The third kappa shape index (κ3) is 3.90. The van der Waals surface area contributed by atoms with E-state index in [1.54, 1.807) is 0 Å². The summed E-state index contributed by atoms with van der Waals surface area (Å²) in [5.41, 5.74) is 8.34. The molecular weight excluding hydrogens is 307 g/mol. The lowest BCUT2D eigenvalue weighted by Gasteiger charge is -2.08. The zero-order chi connectivity index (χ0) is 15.4. The van der Waals surface area contributed by atoms with Crippen LogP contribution in [0.4, 0.5) is 11.4 Å². The minimum Gasteiger partial charge on any atom is -0.397 e. The summed E-state index contributed by atoms with van der Waals surface area (Å²) in [6.07, 6.45) is 2.12. The molecule has 0 aliphatic carbocycles. The van der Waals surface area contributed by atoms with Crippen molar-refractivity contribution < 1.29 is 4.79 Å². The van der Waals surface area contributed by atoms with Crippen LogP contribution in [0, 0.1) is 0 Å². The molecule has 0 heterocycles. The maximum absolute atomic E-state index is 12.2. The van der Waals surface area contributed by atoms with E-state index in [0.717, 1.165) is 18.5 Å². The summed E-state index contributed by atoms with van der Waals surface area (Å²) in [5, 5.41) is 3.33. The van der Waals surface area contributed by atoms with Crippen LogP contribution in [0.1, 0.15) is 29.3 Å². The second-order valence-corrected chi connectivity index (χ2v) is 5.55. The van der Waals surface area contributed by atoms with Crippen LogP contribution < -0.4 is 11.1 Å².